The van der Waals surface area contributed by atoms with Crippen LogP contribution in [0.4, 0.5) is 17.5 Å². The maximum Gasteiger partial charge on any atom is 0.229 e. The van der Waals surface area contributed by atoms with Crippen LogP contribution in [0.3, 0.4) is 0 Å². The van der Waals surface area contributed by atoms with E-state index in [0.717, 1.165) is 33.0 Å². The second-order valence-corrected chi connectivity index (χ2v) is 6.47. The van der Waals surface area contributed by atoms with Crippen LogP contribution in [-0.2, 0) is 6.54 Å². The lowest BCUT2D eigenvalue weighted by molar-refractivity contribution is 0.414. The Morgan fingerprint density at radius 1 is 1.00 bits per heavy atom. The smallest absolute Gasteiger partial charge is 0.229 e. The third kappa shape index (κ3) is 4.93. The fourth-order valence-electron chi connectivity index (χ4n) is 2.31. The summed E-state index contributed by atoms with van der Waals surface area (Å²) < 4.78 is 6.21. The summed E-state index contributed by atoms with van der Waals surface area (Å²) in [6, 6.07) is 17.8. The molecule has 0 unspecified atom stereocenters. The third-order valence-electron chi connectivity index (χ3n) is 3.59. The molecule has 25 heavy (non-hydrogen) atoms. The van der Waals surface area contributed by atoms with Gasteiger partial charge in [0.05, 0.1) is 7.11 Å². The molecule has 6 heteroatoms. The van der Waals surface area contributed by atoms with Crippen molar-refractivity contribution < 1.29 is 4.74 Å². The average molecular weight is 399 g/mol. The highest BCUT2D eigenvalue weighted by atomic mass is 79.9. The number of benzene rings is 2. The topological polar surface area (TPSA) is 59.1 Å². The van der Waals surface area contributed by atoms with Crippen molar-refractivity contribution in [3.05, 3.63) is 70.3 Å². The molecule has 3 aromatic rings. The number of methoxy groups -OCH3 is 1. The van der Waals surface area contributed by atoms with Crippen LogP contribution in [0.15, 0.2) is 59.1 Å². The number of anilines is 3. The van der Waals surface area contributed by atoms with Crippen LogP contribution >= 0.6 is 15.9 Å². The van der Waals surface area contributed by atoms with Crippen molar-refractivity contribution in [2.75, 3.05) is 17.7 Å². The predicted molar refractivity (Wildman–Crippen MR) is 105 cm³/mol. The molecule has 0 amide bonds. The lowest BCUT2D eigenvalue weighted by Crippen LogP contribution is -2.05. The monoisotopic (exact) mass is 398 g/mol. The Morgan fingerprint density at radius 2 is 1.72 bits per heavy atom. The maximum atomic E-state index is 5.18. The van der Waals surface area contributed by atoms with Crippen molar-refractivity contribution in [3.63, 3.8) is 0 Å². The second kappa shape index (κ2) is 7.98. The number of aryl methyl sites for hydroxylation is 1. The van der Waals surface area contributed by atoms with Gasteiger partial charge >= 0.3 is 0 Å². The summed E-state index contributed by atoms with van der Waals surface area (Å²) in [7, 11) is 1.66. The molecular formula is C19H19BrN4O. The van der Waals surface area contributed by atoms with Crippen molar-refractivity contribution in [2.45, 2.75) is 13.5 Å². The van der Waals surface area contributed by atoms with Gasteiger partial charge in [-0.3, -0.25) is 0 Å². The number of halogens is 1. The normalized spacial score (nSPS) is 10.4. The molecule has 0 aliphatic heterocycles. The highest BCUT2D eigenvalue weighted by molar-refractivity contribution is 9.10. The van der Waals surface area contributed by atoms with Crippen LogP contribution in [0.1, 0.15) is 11.3 Å². The van der Waals surface area contributed by atoms with E-state index >= 15 is 0 Å². The molecule has 1 aromatic heterocycles. The fraction of sp³-hybridized carbons (Fsp3) is 0.158. The van der Waals surface area contributed by atoms with Crippen LogP contribution in [0.5, 0.6) is 5.75 Å². The van der Waals surface area contributed by atoms with Gasteiger partial charge in [-0.1, -0.05) is 28.1 Å². The van der Waals surface area contributed by atoms with Gasteiger partial charge in [-0.2, -0.15) is 4.98 Å². The van der Waals surface area contributed by atoms with Crippen molar-refractivity contribution in [1.82, 2.24) is 9.97 Å². The third-order valence-corrected chi connectivity index (χ3v) is 4.12. The Bertz CT molecular complexity index is 835. The largest absolute Gasteiger partial charge is 0.497 e. The highest BCUT2D eigenvalue weighted by Crippen LogP contribution is 2.19. The molecule has 5 nitrogen and oxygen atoms in total. The summed E-state index contributed by atoms with van der Waals surface area (Å²) in [6.07, 6.45) is 0. The van der Waals surface area contributed by atoms with E-state index in [9.17, 15) is 0 Å². The molecule has 0 aliphatic rings. The zero-order chi connectivity index (χ0) is 17.6. The van der Waals surface area contributed by atoms with Gasteiger partial charge in [0, 0.05) is 28.5 Å². The second-order valence-electron chi connectivity index (χ2n) is 5.55. The van der Waals surface area contributed by atoms with Crippen LogP contribution in [-0.4, -0.2) is 17.1 Å². The van der Waals surface area contributed by atoms with Crippen molar-refractivity contribution in [2.24, 2.45) is 0 Å². The molecule has 3 rings (SSSR count). The molecule has 2 aromatic carbocycles. The summed E-state index contributed by atoms with van der Waals surface area (Å²) in [5, 5.41) is 6.56. The van der Waals surface area contributed by atoms with E-state index in [1.165, 1.54) is 0 Å². The van der Waals surface area contributed by atoms with Gasteiger partial charge in [-0.25, -0.2) is 4.98 Å². The van der Waals surface area contributed by atoms with E-state index in [0.29, 0.717) is 12.5 Å². The number of nitrogens with one attached hydrogen (secondary N) is 2. The number of rotatable bonds is 6. The molecule has 0 radical (unpaired) electrons. The first kappa shape index (κ1) is 17.2. The van der Waals surface area contributed by atoms with E-state index in [1.54, 1.807) is 7.11 Å². The SMILES string of the molecule is COc1ccc(CNc2cc(C)nc(Nc3ccc(Br)cc3)n2)cc1. The first-order valence-corrected chi connectivity index (χ1v) is 8.67. The van der Waals surface area contributed by atoms with E-state index in [2.05, 4.69) is 36.5 Å². The van der Waals surface area contributed by atoms with E-state index < -0.39 is 0 Å². The molecule has 0 fully saturated rings. The molecular weight excluding hydrogens is 380 g/mol. The lowest BCUT2D eigenvalue weighted by Gasteiger charge is -2.10. The standard InChI is InChI=1S/C19H19BrN4O/c1-13-11-18(21-12-14-3-9-17(25-2)10-4-14)24-19(22-13)23-16-7-5-15(20)6-8-16/h3-11H,12H2,1-2H3,(H2,21,22,23,24). The number of hydrogen-bond donors (Lipinski definition) is 2. The van der Waals surface area contributed by atoms with Gasteiger partial charge in [0.25, 0.3) is 0 Å². The molecule has 0 saturated carbocycles. The lowest BCUT2D eigenvalue weighted by atomic mass is 10.2. The quantitative estimate of drug-likeness (QED) is 0.617. The van der Waals surface area contributed by atoms with E-state index in [1.807, 2.05) is 61.5 Å². The molecule has 0 spiro atoms. The Morgan fingerprint density at radius 3 is 2.40 bits per heavy atom. The van der Waals surface area contributed by atoms with Gasteiger partial charge in [0.15, 0.2) is 0 Å². The van der Waals surface area contributed by atoms with E-state index in [4.69, 9.17) is 4.74 Å². The summed E-state index contributed by atoms with van der Waals surface area (Å²) in [6.45, 7) is 2.63. The van der Waals surface area contributed by atoms with Crippen LogP contribution < -0.4 is 15.4 Å². The van der Waals surface area contributed by atoms with Crippen LogP contribution in [0.2, 0.25) is 0 Å². The van der Waals surface area contributed by atoms with Crippen LogP contribution in [0, 0.1) is 6.92 Å². The number of nitrogens with zero attached hydrogens (tertiary/aromatic N) is 2. The number of aromatic nitrogens is 2. The van der Waals surface area contributed by atoms with Crippen molar-refractivity contribution >= 4 is 33.4 Å². The fourth-order valence-corrected chi connectivity index (χ4v) is 2.58. The van der Waals surface area contributed by atoms with Gasteiger partial charge in [-0.15, -0.1) is 0 Å². The molecule has 2 N–H and O–H groups in total. The van der Waals surface area contributed by atoms with E-state index in [-0.39, 0.29) is 0 Å². The summed E-state index contributed by atoms with van der Waals surface area (Å²) >= 11 is 3.43. The Balaban J connectivity index is 1.69. The first-order chi connectivity index (χ1) is 12.1. The summed E-state index contributed by atoms with van der Waals surface area (Å²) in [4.78, 5) is 8.97. The molecule has 0 saturated heterocycles. The number of hydrogen-bond acceptors (Lipinski definition) is 5. The van der Waals surface area contributed by atoms with Gasteiger partial charge in [0.2, 0.25) is 5.95 Å². The molecule has 128 valence electrons. The van der Waals surface area contributed by atoms with Gasteiger partial charge in [-0.05, 0) is 48.9 Å². The predicted octanol–water partition coefficient (Wildman–Crippen LogP) is 4.91. The Kier molecular flexibility index (Phi) is 5.50. The molecule has 0 bridgehead atoms. The van der Waals surface area contributed by atoms with Crippen molar-refractivity contribution in [1.29, 1.82) is 0 Å². The minimum absolute atomic E-state index is 0.569. The molecule has 0 atom stereocenters. The Hall–Kier alpha value is -2.60. The zero-order valence-electron chi connectivity index (χ0n) is 14.1. The Labute approximate surface area is 155 Å². The summed E-state index contributed by atoms with van der Waals surface area (Å²) in [5.41, 5.74) is 2.99. The first-order valence-electron chi connectivity index (χ1n) is 7.87. The minimum atomic E-state index is 0.569. The van der Waals surface area contributed by atoms with Gasteiger partial charge < -0.3 is 15.4 Å². The van der Waals surface area contributed by atoms with Gasteiger partial charge in [0.1, 0.15) is 11.6 Å². The number of ether oxygens (including phenoxy) is 1. The minimum Gasteiger partial charge on any atom is -0.497 e. The molecule has 1 heterocycles. The zero-order valence-corrected chi connectivity index (χ0v) is 15.7. The molecule has 0 aliphatic carbocycles. The van der Waals surface area contributed by atoms with Crippen molar-refractivity contribution in [3.8, 4) is 5.75 Å². The highest BCUT2D eigenvalue weighted by Gasteiger charge is 2.04. The average Bonchev–Trinajstić information content (AvgIpc) is 2.62. The van der Waals surface area contributed by atoms with Crippen LogP contribution in [0.25, 0.3) is 0 Å². The summed E-state index contributed by atoms with van der Waals surface area (Å²) in [5.74, 6) is 2.20. The maximum absolute atomic E-state index is 5.18.